The zero-order chi connectivity index (χ0) is 18.4. The van der Waals surface area contributed by atoms with Crippen molar-refractivity contribution < 1.29 is 18.7 Å². The molecule has 6 heteroatoms. The van der Waals surface area contributed by atoms with Crippen molar-refractivity contribution >= 4 is 29.3 Å². The minimum atomic E-state index is -0.451. The maximum Gasteiger partial charge on any atom is 0.307 e. The lowest BCUT2D eigenvalue weighted by Crippen LogP contribution is -2.38. The van der Waals surface area contributed by atoms with Crippen LogP contribution in [0.4, 0.5) is 10.1 Å². The van der Waals surface area contributed by atoms with E-state index in [1.54, 1.807) is 23.1 Å². The smallest absolute Gasteiger partial charge is 0.307 e. The molecular weight excluding hydrogens is 353 g/mol. The molecule has 2 aromatic rings. The maximum absolute atomic E-state index is 13.5. The van der Waals surface area contributed by atoms with Gasteiger partial charge in [-0.3, -0.25) is 9.59 Å². The largest absolute Gasteiger partial charge is 0.456 e. The number of nitrogens with zero attached hydrogens (tertiary/aromatic N) is 1. The highest BCUT2D eigenvalue weighted by molar-refractivity contribution is 7.99. The van der Waals surface area contributed by atoms with Gasteiger partial charge >= 0.3 is 5.97 Å². The fourth-order valence-corrected chi connectivity index (χ4v) is 3.76. The number of amides is 1. The monoisotopic (exact) mass is 373 g/mol. The van der Waals surface area contributed by atoms with E-state index in [0.29, 0.717) is 17.2 Å². The number of halogens is 1. The highest BCUT2D eigenvalue weighted by Crippen LogP contribution is 2.26. The van der Waals surface area contributed by atoms with E-state index in [0.717, 1.165) is 24.1 Å². The number of carbonyl (C=O) groups is 2. The average Bonchev–Trinajstić information content (AvgIpc) is 2.67. The second kappa shape index (κ2) is 8.85. The Morgan fingerprint density at radius 1 is 1.12 bits per heavy atom. The van der Waals surface area contributed by atoms with Crippen molar-refractivity contribution in [2.75, 3.05) is 23.8 Å². The first-order chi connectivity index (χ1) is 12.6. The molecule has 1 aliphatic heterocycles. The van der Waals surface area contributed by atoms with E-state index in [1.165, 1.54) is 17.8 Å². The summed E-state index contributed by atoms with van der Waals surface area (Å²) in [5.74, 6) is -0.565. The number of aryl methyl sites for hydroxylation is 1. The maximum atomic E-state index is 13.5. The topological polar surface area (TPSA) is 46.6 Å². The first kappa shape index (κ1) is 18.5. The molecule has 0 atom stereocenters. The van der Waals surface area contributed by atoms with Gasteiger partial charge in [-0.1, -0.05) is 30.3 Å². The van der Waals surface area contributed by atoms with Crippen LogP contribution in [0.1, 0.15) is 18.4 Å². The predicted octanol–water partition coefficient (Wildman–Crippen LogP) is 3.83. The Balaban J connectivity index is 1.45. The van der Waals surface area contributed by atoms with Crippen LogP contribution < -0.4 is 4.90 Å². The van der Waals surface area contributed by atoms with Gasteiger partial charge in [0.15, 0.2) is 6.61 Å². The molecule has 3 rings (SSSR count). The summed E-state index contributed by atoms with van der Waals surface area (Å²) in [6, 6.07) is 14.2. The van der Waals surface area contributed by atoms with Crippen LogP contribution >= 0.6 is 11.8 Å². The minimum Gasteiger partial charge on any atom is -0.456 e. The SMILES string of the molecule is O=C(CCSc1ccccc1F)OCC(=O)N1CCCc2ccccc21. The summed E-state index contributed by atoms with van der Waals surface area (Å²) >= 11 is 1.26. The second-order valence-corrected chi connectivity index (χ2v) is 7.10. The Morgan fingerprint density at radius 2 is 1.88 bits per heavy atom. The molecule has 2 aromatic carbocycles. The van der Waals surface area contributed by atoms with Gasteiger partial charge in [0.2, 0.25) is 0 Å². The number of hydrogen-bond donors (Lipinski definition) is 0. The molecule has 26 heavy (non-hydrogen) atoms. The van der Waals surface area contributed by atoms with Gasteiger partial charge in [0.05, 0.1) is 6.42 Å². The Hall–Kier alpha value is -2.34. The summed E-state index contributed by atoms with van der Waals surface area (Å²) in [5, 5.41) is 0. The lowest BCUT2D eigenvalue weighted by atomic mass is 10.0. The van der Waals surface area contributed by atoms with Crippen molar-refractivity contribution in [3.63, 3.8) is 0 Å². The van der Waals surface area contributed by atoms with E-state index in [4.69, 9.17) is 4.74 Å². The van der Waals surface area contributed by atoms with E-state index < -0.39 is 5.97 Å². The van der Waals surface area contributed by atoms with E-state index >= 15 is 0 Å². The van der Waals surface area contributed by atoms with Crippen LogP contribution in [0.15, 0.2) is 53.4 Å². The van der Waals surface area contributed by atoms with Crippen LogP contribution in [0.5, 0.6) is 0 Å². The van der Waals surface area contributed by atoms with Crippen molar-refractivity contribution in [1.82, 2.24) is 0 Å². The number of thioether (sulfide) groups is 1. The van der Waals surface area contributed by atoms with Crippen LogP contribution in [-0.4, -0.2) is 30.8 Å². The number of anilines is 1. The quantitative estimate of drug-likeness (QED) is 0.570. The third kappa shape index (κ3) is 4.64. The van der Waals surface area contributed by atoms with Crippen molar-refractivity contribution in [2.45, 2.75) is 24.2 Å². The average molecular weight is 373 g/mol. The normalized spacial score (nSPS) is 13.2. The summed E-state index contributed by atoms with van der Waals surface area (Å²) in [5.41, 5.74) is 2.04. The number of fused-ring (bicyclic) bond motifs is 1. The Kier molecular flexibility index (Phi) is 6.28. The summed E-state index contributed by atoms with van der Waals surface area (Å²) < 4.78 is 18.6. The van der Waals surface area contributed by atoms with Gasteiger partial charge < -0.3 is 9.64 Å². The molecule has 1 amide bonds. The number of esters is 1. The van der Waals surface area contributed by atoms with E-state index in [9.17, 15) is 14.0 Å². The van der Waals surface area contributed by atoms with Gasteiger partial charge in [0, 0.05) is 22.9 Å². The van der Waals surface area contributed by atoms with Gasteiger partial charge in [-0.15, -0.1) is 11.8 Å². The predicted molar refractivity (Wildman–Crippen MR) is 99.8 cm³/mol. The molecule has 0 bridgehead atoms. The molecule has 1 heterocycles. The first-order valence-electron chi connectivity index (χ1n) is 8.56. The standard InChI is InChI=1S/C20H20FNO3S/c21-16-8-2-4-10-18(16)26-13-11-20(24)25-14-19(23)22-12-5-7-15-6-1-3-9-17(15)22/h1-4,6,8-10H,5,7,11-14H2. The molecule has 0 N–H and O–H groups in total. The molecule has 4 nitrogen and oxygen atoms in total. The highest BCUT2D eigenvalue weighted by atomic mass is 32.2. The van der Waals surface area contributed by atoms with Gasteiger partial charge in [-0.05, 0) is 36.6 Å². The van der Waals surface area contributed by atoms with Crippen LogP contribution in [-0.2, 0) is 20.7 Å². The van der Waals surface area contributed by atoms with Crippen LogP contribution in [0.25, 0.3) is 0 Å². The Bertz CT molecular complexity index is 796. The summed E-state index contributed by atoms with van der Waals surface area (Å²) in [4.78, 5) is 26.4. The Morgan fingerprint density at radius 3 is 2.73 bits per heavy atom. The van der Waals surface area contributed by atoms with E-state index in [1.807, 2.05) is 24.3 Å². The summed E-state index contributed by atoms with van der Waals surface area (Å²) in [7, 11) is 0. The number of rotatable bonds is 6. The number of para-hydroxylation sites is 1. The van der Waals surface area contributed by atoms with Crippen molar-refractivity contribution in [3.8, 4) is 0 Å². The van der Waals surface area contributed by atoms with Gasteiger partial charge in [0.1, 0.15) is 5.82 Å². The first-order valence-corrected chi connectivity index (χ1v) is 9.55. The molecule has 0 fully saturated rings. The molecule has 0 spiro atoms. The molecule has 0 unspecified atom stereocenters. The number of carbonyl (C=O) groups excluding carboxylic acids is 2. The van der Waals surface area contributed by atoms with Crippen molar-refractivity contribution in [2.24, 2.45) is 0 Å². The molecule has 0 saturated carbocycles. The second-order valence-electron chi connectivity index (χ2n) is 5.97. The van der Waals surface area contributed by atoms with Crippen molar-refractivity contribution in [3.05, 3.63) is 59.9 Å². The number of benzene rings is 2. The zero-order valence-electron chi connectivity index (χ0n) is 14.3. The lowest BCUT2D eigenvalue weighted by molar-refractivity contribution is -0.147. The van der Waals surface area contributed by atoms with E-state index in [-0.39, 0.29) is 24.8 Å². The summed E-state index contributed by atoms with van der Waals surface area (Å²) in [6.07, 6.45) is 1.98. The van der Waals surface area contributed by atoms with Crippen LogP contribution in [0, 0.1) is 5.82 Å². The third-order valence-electron chi connectivity index (χ3n) is 4.17. The fraction of sp³-hybridized carbons (Fsp3) is 0.300. The fourth-order valence-electron chi connectivity index (χ4n) is 2.89. The van der Waals surface area contributed by atoms with Crippen LogP contribution in [0.2, 0.25) is 0 Å². The van der Waals surface area contributed by atoms with Gasteiger partial charge in [0.25, 0.3) is 5.91 Å². The molecule has 136 valence electrons. The zero-order valence-corrected chi connectivity index (χ0v) is 15.1. The number of ether oxygens (including phenoxy) is 1. The van der Waals surface area contributed by atoms with Gasteiger partial charge in [-0.2, -0.15) is 0 Å². The molecule has 0 aromatic heterocycles. The minimum absolute atomic E-state index is 0.128. The Labute approximate surface area is 156 Å². The molecule has 1 aliphatic rings. The summed E-state index contributed by atoms with van der Waals surface area (Å²) in [6.45, 7) is 0.369. The lowest BCUT2D eigenvalue weighted by Gasteiger charge is -2.29. The third-order valence-corrected chi connectivity index (χ3v) is 5.22. The highest BCUT2D eigenvalue weighted by Gasteiger charge is 2.22. The molecular formula is C20H20FNO3S. The van der Waals surface area contributed by atoms with Gasteiger partial charge in [-0.25, -0.2) is 4.39 Å². The van der Waals surface area contributed by atoms with Crippen molar-refractivity contribution in [1.29, 1.82) is 0 Å². The molecule has 0 radical (unpaired) electrons. The molecule has 0 aliphatic carbocycles. The number of hydrogen-bond acceptors (Lipinski definition) is 4. The van der Waals surface area contributed by atoms with E-state index in [2.05, 4.69) is 0 Å². The molecule has 0 saturated heterocycles. The van der Waals surface area contributed by atoms with Crippen LogP contribution in [0.3, 0.4) is 0 Å².